The van der Waals surface area contributed by atoms with E-state index < -0.39 is 0 Å². The maximum absolute atomic E-state index is 12.7. The van der Waals surface area contributed by atoms with E-state index in [1.165, 1.54) is 0 Å². The van der Waals surface area contributed by atoms with Crippen LogP contribution in [0.15, 0.2) is 28.7 Å². The number of amides is 1. The molecule has 110 valence electrons. The molecule has 1 aromatic carbocycles. The molecule has 2 aromatic rings. The van der Waals surface area contributed by atoms with Gasteiger partial charge in [-0.25, -0.2) is 0 Å². The number of rotatable bonds is 1. The van der Waals surface area contributed by atoms with Crippen LogP contribution in [0.2, 0.25) is 0 Å². The molecule has 0 N–H and O–H groups in total. The minimum atomic E-state index is -0.00523. The maximum atomic E-state index is 12.7. The van der Waals surface area contributed by atoms with E-state index in [-0.39, 0.29) is 12.0 Å². The fraction of sp³-hybridized carbons (Fsp3) is 0.471. The molecule has 3 atom stereocenters. The zero-order chi connectivity index (χ0) is 14.6. The Morgan fingerprint density at radius 1 is 1.29 bits per heavy atom. The van der Waals surface area contributed by atoms with Crippen molar-refractivity contribution >= 4 is 16.9 Å². The van der Waals surface area contributed by atoms with Crippen LogP contribution < -0.4 is 0 Å². The highest BCUT2D eigenvalue weighted by Crippen LogP contribution is 2.34. The van der Waals surface area contributed by atoms with Crippen LogP contribution >= 0.6 is 0 Å². The molecule has 4 heteroatoms. The lowest BCUT2D eigenvalue weighted by Gasteiger charge is -2.17. The molecule has 2 fully saturated rings. The lowest BCUT2D eigenvalue weighted by atomic mass is 10.0. The molecule has 0 bridgehead atoms. The van der Waals surface area contributed by atoms with E-state index in [1.54, 1.807) is 0 Å². The quantitative estimate of drug-likeness (QED) is 0.809. The number of ether oxygens (including phenoxy) is 1. The van der Waals surface area contributed by atoms with Crippen molar-refractivity contribution in [3.05, 3.63) is 35.6 Å². The molecule has 1 amide bonds. The van der Waals surface area contributed by atoms with Crippen molar-refractivity contribution < 1.29 is 13.9 Å². The Labute approximate surface area is 123 Å². The average Bonchev–Trinajstić information content (AvgIpc) is 3.10. The lowest BCUT2D eigenvalue weighted by Crippen LogP contribution is -2.31. The van der Waals surface area contributed by atoms with Crippen LogP contribution in [0.3, 0.4) is 0 Å². The molecule has 2 aliphatic rings. The monoisotopic (exact) mass is 285 g/mol. The summed E-state index contributed by atoms with van der Waals surface area (Å²) in [5.74, 6) is 0.951. The van der Waals surface area contributed by atoms with Gasteiger partial charge in [-0.3, -0.25) is 4.79 Å². The van der Waals surface area contributed by atoms with Gasteiger partial charge in [0.25, 0.3) is 5.91 Å². The predicted octanol–water partition coefficient (Wildman–Crippen LogP) is 2.99. The Kier molecular flexibility index (Phi) is 2.82. The van der Waals surface area contributed by atoms with Gasteiger partial charge < -0.3 is 14.1 Å². The summed E-state index contributed by atoms with van der Waals surface area (Å²) >= 11 is 0. The summed E-state index contributed by atoms with van der Waals surface area (Å²) in [7, 11) is 0. The summed E-state index contributed by atoms with van der Waals surface area (Å²) in [6.45, 7) is 5.52. The molecule has 3 heterocycles. The molecule has 0 saturated carbocycles. The van der Waals surface area contributed by atoms with Gasteiger partial charge >= 0.3 is 0 Å². The first-order valence-corrected chi connectivity index (χ1v) is 7.56. The van der Waals surface area contributed by atoms with Crippen LogP contribution in [0.5, 0.6) is 0 Å². The smallest absolute Gasteiger partial charge is 0.289 e. The summed E-state index contributed by atoms with van der Waals surface area (Å²) in [4.78, 5) is 14.6. The number of furan rings is 1. The van der Waals surface area contributed by atoms with E-state index in [2.05, 4.69) is 6.92 Å². The summed E-state index contributed by atoms with van der Waals surface area (Å²) < 4.78 is 11.7. The predicted molar refractivity (Wildman–Crippen MR) is 79.3 cm³/mol. The second kappa shape index (κ2) is 4.60. The molecule has 2 aliphatic heterocycles. The highest BCUT2D eigenvalue weighted by molar-refractivity contribution is 5.99. The Hall–Kier alpha value is -1.81. The minimum absolute atomic E-state index is 0.00523. The number of nitrogens with zero attached hydrogens (tertiary/aromatic N) is 1. The van der Waals surface area contributed by atoms with E-state index in [9.17, 15) is 4.79 Å². The number of aryl methyl sites for hydroxylation is 1. The van der Waals surface area contributed by atoms with Crippen molar-refractivity contribution in [1.82, 2.24) is 4.90 Å². The van der Waals surface area contributed by atoms with Crippen molar-refractivity contribution in [2.24, 2.45) is 5.92 Å². The van der Waals surface area contributed by atoms with E-state index in [0.717, 1.165) is 29.5 Å². The van der Waals surface area contributed by atoms with Gasteiger partial charge in [-0.05, 0) is 26.3 Å². The summed E-state index contributed by atoms with van der Waals surface area (Å²) in [6, 6.07) is 7.79. The first-order chi connectivity index (χ1) is 10.1. The maximum Gasteiger partial charge on any atom is 0.289 e. The number of hydrogen-bond donors (Lipinski definition) is 0. The molecular formula is C17H19NO3. The Morgan fingerprint density at radius 3 is 2.86 bits per heavy atom. The molecule has 21 heavy (non-hydrogen) atoms. The first-order valence-electron chi connectivity index (χ1n) is 7.56. The van der Waals surface area contributed by atoms with Crippen molar-refractivity contribution in [3.63, 3.8) is 0 Å². The van der Waals surface area contributed by atoms with Gasteiger partial charge in [0.15, 0.2) is 5.76 Å². The van der Waals surface area contributed by atoms with E-state index in [1.807, 2.05) is 36.1 Å². The van der Waals surface area contributed by atoms with E-state index >= 15 is 0 Å². The fourth-order valence-electron chi connectivity index (χ4n) is 3.69. The Morgan fingerprint density at radius 2 is 2.10 bits per heavy atom. The Balaban J connectivity index is 1.61. The lowest BCUT2D eigenvalue weighted by molar-refractivity contribution is 0.0434. The van der Waals surface area contributed by atoms with Crippen LogP contribution in [-0.4, -0.2) is 36.1 Å². The third-order valence-corrected chi connectivity index (χ3v) is 4.75. The summed E-state index contributed by atoms with van der Waals surface area (Å²) in [6.07, 6.45) is 1.58. The van der Waals surface area contributed by atoms with Gasteiger partial charge in [-0.2, -0.15) is 0 Å². The largest absolute Gasteiger partial charge is 0.451 e. The number of carbonyl (C=O) groups is 1. The van der Waals surface area contributed by atoms with Crippen LogP contribution in [-0.2, 0) is 4.74 Å². The summed E-state index contributed by atoms with van der Waals surface area (Å²) in [5.41, 5.74) is 1.71. The van der Waals surface area contributed by atoms with Crippen LogP contribution in [0, 0.1) is 12.8 Å². The first kappa shape index (κ1) is 12.9. The van der Waals surface area contributed by atoms with Gasteiger partial charge in [0, 0.05) is 30.0 Å². The van der Waals surface area contributed by atoms with Crippen LogP contribution in [0.25, 0.3) is 11.0 Å². The average molecular weight is 285 g/mol. The van der Waals surface area contributed by atoms with Gasteiger partial charge in [0.05, 0.1) is 12.2 Å². The topological polar surface area (TPSA) is 42.7 Å². The fourth-order valence-corrected chi connectivity index (χ4v) is 3.69. The zero-order valence-corrected chi connectivity index (χ0v) is 12.3. The third-order valence-electron chi connectivity index (χ3n) is 4.75. The molecule has 0 radical (unpaired) electrons. The van der Waals surface area contributed by atoms with Gasteiger partial charge in [-0.1, -0.05) is 18.2 Å². The SMILES string of the molecule is Cc1c(C(=O)N2C[C@@H]3C[C@@H](C)O[C@@H]3C2)oc2ccccc12. The molecule has 0 aliphatic carbocycles. The van der Waals surface area contributed by atoms with Crippen molar-refractivity contribution in [2.75, 3.05) is 13.1 Å². The highest BCUT2D eigenvalue weighted by Gasteiger charge is 2.42. The normalized spacial score (nSPS) is 28.3. The van der Waals surface area contributed by atoms with E-state index in [4.69, 9.17) is 9.15 Å². The molecule has 4 rings (SSSR count). The van der Waals surface area contributed by atoms with Gasteiger partial charge in [0.2, 0.25) is 0 Å². The Bertz CT molecular complexity index is 691. The number of hydrogen-bond acceptors (Lipinski definition) is 3. The number of likely N-dealkylation sites (tertiary alicyclic amines) is 1. The minimum Gasteiger partial charge on any atom is -0.451 e. The second-order valence-electron chi connectivity index (χ2n) is 6.24. The van der Waals surface area contributed by atoms with Gasteiger partial charge in [-0.15, -0.1) is 0 Å². The van der Waals surface area contributed by atoms with E-state index in [0.29, 0.717) is 24.3 Å². The molecule has 2 saturated heterocycles. The molecule has 1 aromatic heterocycles. The second-order valence-corrected chi connectivity index (χ2v) is 6.24. The molecular weight excluding hydrogens is 266 g/mol. The molecule has 0 unspecified atom stereocenters. The number of para-hydroxylation sites is 1. The number of benzene rings is 1. The van der Waals surface area contributed by atoms with Crippen molar-refractivity contribution in [1.29, 1.82) is 0 Å². The summed E-state index contributed by atoms with van der Waals surface area (Å²) in [5, 5.41) is 1.02. The van der Waals surface area contributed by atoms with Crippen LogP contribution in [0.4, 0.5) is 0 Å². The zero-order valence-electron chi connectivity index (χ0n) is 12.3. The molecule has 4 nitrogen and oxygen atoms in total. The van der Waals surface area contributed by atoms with Crippen molar-refractivity contribution in [2.45, 2.75) is 32.5 Å². The standard InChI is InChI=1S/C17H19NO3/c1-10-7-12-8-18(9-15(12)20-10)17(19)16-11(2)13-5-3-4-6-14(13)21-16/h3-6,10,12,15H,7-9H2,1-2H3/t10-,12+,15-/m1/s1. The third kappa shape index (κ3) is 1.97. The number of carbonyl (C=O) groups excluding carboxylic acids is 1. The molecule has 0 spiro atoms. The van der Waals surface area contributed by atoms with Crippen molar-refractivity contribution in [3.8, 4) is 0 Å². The highest BCUT2D eigenvalue weighted by atomic mass is 16.5. The number of fused-ring (bicyclic) bond motifs is 2. The van der Waals surface area contributed by atoms with Crippen LogP contribution in [0.1, 0.15) is 29.5 Å². The van der Waals surface area contributed by atoms with Gasteiger partial charge in [0.1, 0.15) is 5.58 Å².